The number of hydrogen-bond acceptors (Lipinski definition) is 0. The van der Waals surface area contributed by atoms with E-state index < -0.39 is 7.26 Å². The molecule has 0 amide bonds. The van der Waals surface area contributed by atoms with Gasteiger partial charge in [0.1, 0.15) is 0 Å². The maximum absolute atomic E-state index is 2.39. The van der Waals surface area contributed by atoms with Crippen molar-refractivity contribution >= 4 is 7.26 Å². The SMILES string of the molecule is CCCCCC[P+](CCCCCC)(CCCCCC)Cc1ccccc1.[Br-]. The highest BCUT2D eigenvalue weighted by molar-refractivity contribution is 7.75. The summed E-state index contributed by atoms with van der Waals surface area (Å²) >= 11 is 0. The van der Waals surface area contributed by atoms with E-state index in [4.69, 9.17) is 0 Å². The third kappa shape index (κ3) is 13.1. The van der Waals surface area contributed by atoms with Gasteiger partial charge in [-0.15, -0.1) is 0 Å². The molecule has 0 heterocycles. The molecular weight excluding hydrogens is 411 g/mol. The lowest BCUT2D eigenvalue weighted by Gasteiger charge is -2.28. The fourth-order valence-corrected chi connectivity index (χ4v) is 8.98. The maximum Gasteiger partial charge on any atom is 0.0842 e. The molecule has 0 aliphatic heterocycles. The zero-order valence-electron chi connectivity index (χ0n) is 18.5. The smallest absolute Gasteiger partial charge is 0.0842 e. The van der Waals surface area contributed by atoms with Gasteiger partial charge < -0.3 is 17.0 Å². The molecule has 2 heteroatoms. The van der Waals surface area contributed by atoms with Crippen LogP contribution in [0, 0.1) is 0 Å². The van der Waals surface area contributed by atoms with Gasteiger partial charge in [-0.2, -0.15) is 0 Å². The lowest BCUT2D eigenvalue weighted by Crippen LogP contribution is -3.00. The first kappa shape index (κ1) is 27.1. The van der Waals surface area contributed by atoms with Crippen molar-refractivity contribution in [3.05, 3.63) is 35.9 Å². The van der Waals surface area contributed by atoms with Crippen LogP contribution in [0.4, 0.5) is 0 Å². The zero-order valence-corrected chi connectivity index (χ0v) is 21.0. The van der Waals surface area contributed by atoms with Gasteiger partial charge in [-0.05, 0) is 44.1 Å². The molecule has 1 aromatic rings. The predicted octanol–water partition coefficient (Wildman–Crippen LogP) is 5.95. The van der Waals surface area contributed by atoms with E-state index in [1.54, 1.807) is 24.0 Å². The van der Waals surface area contributed by atoms with Crippen molar-refractivity contribution in [3.63, 3.8) is 0 Å². The van der Waals surface area contributed by atoms with E-state index in [-0.39, 0.29) is 17.0 Å². The summed E-state index contributed by atoms with van der Waals surface area (Å²) in [5.41, 5.74) is 1.61. The number of halogens is 1. The summed E-state index contributed by atoms with van der Waals surface area (Å²) in [5.74, 6) is 0. The quantitative estimate of drug-likeness (QED) is 0.200. The molecule has 0 aliphatic rings. The molecule has 158 valence electrons. The molecule has 0 nitrogen and oxygen atoms in total. The summed E-state index contributed by atoms with van der Waals surface area (Å²) < 4.78 is 0. The highest BCUT2D eigenvalue weighted by atomic mass is 79.9. The van der Waals surface area contributed by atoms with Crippen LogP contribution in [0.3, 0.4) is 0 Å². The summed E-state index contributed by atoms with van der Waals surface area (Å²) in [6.07, 6.45) is 23.3. The Morgan fingerprint density at radius 3 is 1.33 bits per heavy atom. The maximum atomic E-state index is 2.39. The Morgan fingerprint density at radius 2 is 0.963 bits per heavy atom. The third-order valence-corrected chi connectivity index (χ3v) is 10.6. The minimum Gasteiger partial charge on any atom is -1.00 e. The predicted molar refractivity (Wildman–Crippen MR) is 124 cm³/mol. The van der Waals surface area contributed by atoms with Gasteiger partial charge in [0.05, 0.1) is 24.6 Å². The topological polar surface area (TPSA) is 0 Å². The Bertz CT molecular complexity index is 386. The highest BCUT2D eigenvalue weighted by Gasteiger charge is 2.35. The van der Waals surface area contributed by atoms with Gasteiger partial charge in [0.25, 0.3) is 0 Å². The van der Waals surface area contributed by atoms with E-state index in [9.17, 15) is 0 Å². The Labute approximate surface area is 182 Å². The molecule has 1 rings (SSSR count). The van der Waals surface area contributed by atoms with Gasteiger partial charge in [-0.25, -0.2) is 0 Å². The molecule has 0 saturated carbocycles. The highest BCUT2D eigenvalue weighted by Crippen LogP contribution is 2.63. The fourth-order valence-electron chi connectivity index (χ4n) is 4.17. The van der Waals surface area contributed by atoms with Gasteiger partial charge in [0, 0.05) is 7.26 Å². The largest absolute Gasteiger partial charge is 1.00 e. The van der Waals surface area contributed by atoms with E-state index in [0.29, 0.717) is 0 Å². The first-order valence-electron chi connectivity index (χ1n) is 11.7. The van der Waals surface area contributed by atoms with Crippen molar-refractivity contribution in [2.24, 2.45) is 0 Å². The van der Waals surface area contributed by atoms with Gasteiger partial charge in [0.2, 0.25) is 0 Å². The zero-order chi connectivity index (χ0) is 18.9. The van der Waals surface area contributed by atoms with Crippen LogP contribution in [0.1, 0.15) is 103 Å². The molecule has 0 unspecified atom stereocenters. The fraction of sp³-hybridized carbons (Fsp3) is 0.760. The van der Waals surface area contributed by atoms with Gasteiger partial charge in [-0.1, -0.05) is 89.6 Å². The van der Waals surface area contributed by atoms with Crippen molar-refractivity contribution in [1.29, 1.82) is 0 Å². The summed E-state index contributed by atoms with van der Waals surface area (Å²) in [6, 6.07) is 11.4. The Morgan fingerprint density at radius 1 is 0.556 bits per heavy atom. The molecule has 0 radical (unpaired) electrons. The first-order valence-corrected chi connectivity index (χ1v) is 14.2. The molecular formula is C25H46BrP. The van der Waals surface area contributed by atoms with Crippen molar-refractivity contribution in [3.8, 4) is 0 Å². The van der Waals surface area contributed by atoms with Crippen LogP contribution in [0.25, 0.3) is 0 Å². The van der Waals surface area contributed by atoms with E-state index >= 15 is 0 Å². The third-order valence-electron chi connectivity index (χ3n) is 5.82. The van der Waals surface area contributed by atoms with Gasteiger partial charge in [-0.3, -0.25) is 0 Å². The number of hydrogen-bond donors (Lipinski definition) is 0. The van der Waals surface area contributed by atoms with Gasteiger partial charge >= 0.3 is 0 Å². The molecule has 1 aromatic carbocycles. The molecule has 0 saturated heterocycles. The number of unbranched alkanes of at least 4 members (excludes halogenated alkanes) is 9. The average molecular weight is 458 g/mol. The normalized spacial score (nSPS) is 11.4. The van der Waals surface area contributed by atoms with Gasteiger partial charge in [0.15, 0.2) is 0 Å². The monoisotopic (exact) mass is 456 g/mol. The molecule has 27 heavy (non-hydrogen) atoms. The second kappa shape index (κ2) is 18.2. The van der Waals surface area contributed by atoms with Crippen LogP contribution in [0.15, 0.2) is 30.3 Å². The molecule has 0 fully saturated rings. The summed E-state index contributed by atoms with van der Waals surface area (Å²) in [7, 11) is -0.839. The molecule has 0 N–H and O–H groups in total. The van der Waals surface area contributed by atoms with Crippen molar-refractivity contribution < 1.29 is 17.0 Å². The molecule has 0 aromatic heterocycles. The Balaban J connectivity index is 0.00000676. The van der Waals surface area contributed by atoms with Crippen LogP contribution in [-0.4, -0.2) is 18.5 Å². The van der Waals surface area contributed by atoms with E-state index in [0.717, 1.165) is 0 Å². The van der Waals surface area contributed by atoms with Crippen LogP contribution in [-0.2, 0) is 6.16 Å². The lowest BCUT2D eigenvalue weighted by molar-refractivity contribution is -0.00000585. The lowest BCUT2D eigenvalue weighted by atomic mass is 10.2. The van der Waals surface area contributed by atoms with E-state index in [1.807, 2.05) is 0 Å². The molecule has 0 spiro atoms. The summed E-state index contributed by atoms with van der Waals surface area (Å²) in [4.78, 5) is 0. The standard InChI is InChI=1S/C25H46P.BrH/c1-4-7-10-16-21-26(22-17-11-8-5-2,23-18-12-9-6-3)24-25-19-14-13-15-20-25;/h13-15,19-20H,4-12,16-18,21-24H2,1-3H3;1H/q+1;/p-1. The van der Waals surface area contributed by atoms with Crippen LogP contribution in [0.5, 0.6) is 0 Å². The first-order chi connectivity index (χ1) is 12.8. The molecule has 0 aliphatic carbocycles. The Hall–Kier alpha value is 0.130. The number of benzene rings is 1. The van der Waals surface area contributed by atoms with Crippen molar-refractivity contribution in [1.82, 2.24) is 0 Å². The van der Waals surface area contributed by atoms with Crippen LogP contribution in [0.2, 0.25) is 0 Å². The summed E-state index contributed by atoms with van der Waals surface area (Å²) in [6.45, 7) is 7.01. The van der Waals surface area contributed by atoms with Crippen LogP contribution >= 0.6 is 7.26 Å². The second-order valence-electron chi connectivity index (χ2n) is 8.34. The molecule has 0 atom stereocenters. The van der Waals surface area contributed by atoms with E-state index in [1.165, 1.54) is 83.2 Å². The second-order valence-corrected chi connectivity index (χ2v) is 12.7. The Kier molecular flexibility index (Phi) is 18.3. The summed E-state index contributed by atoms with van der Waals surface area (Å²) in [5, 5.41) is 0. The minimum atomic E-state index is -0.839. The average Bonchev–Trinajstić information content (AvgIpc) is 2.67. The van der Waals surface area contributed by atoms with E-state index in [2.05, 4.69) is 51.1 Å². The number of rotatable bonds is 17. The van der Waals surface area contributed by atoms with Crippen molar-refractivity contribution in [2.45, 2.75) is 104 Å². The van der Waals surface area contributed by atoms with Crippen LogP contribution < -0.4 is 17.0 Å². The molecule has 0 bridgehead atoms. The minimum absolute atomic E-state index is 0. The van der Waals surface area contributed by atoms with Crippen molar-refractivity contribution in [2.75, 3.05) is 18.5 Å².